The minimum Gasteiger partial charge on any atom is -0.341 e. The molecule has 32 heavy (non-hydrogen) atoms. The molecule has 0 bridgehead atoms. The topological polar surface area (TPSA) is 77.6 Å². The van der Waals surface area contributed by atoms with Crippen LogP contribution in [-0.2, 0) is 11.3 Å². The summed E-state index contributed by atoms with van der Waals surface area (Å²) < 4.78 is 14.3. The Morgan fingerprint density at radius 1 is 1.25 bits per heavy atom. The van der Waals surface area contributed by atoms with Gasteiger partial charge in [-0.05, 0) is 56.1 Å². The van der Waals surface area contributed by atoms with Gasteiger partial charge in [0.25, 0.3) is 0 Å². The molecular formula is C24H32FN5O2. The van der Waals surface area contributed by atoms with Gasteiger partial charge in [-0.1, -0.05) is 19.9 Å². The molecule has 172 valence electrons. The molecule has 3 rings (SSSR count). The first kappa shape index (κ1) is 23.7. The summed E-state index contributed by atoms with van der Waals surface area (Å²) in [7, 11) is 1.87. The van der Waals surface area contributed by atoms with Crippen molar-refractivity contribution in [3.63, 3.8) is 0 Å². The summed E-state index contributed by atoms with van der Waals surface area (Å²) in [4.78, 5) is 32.9. The third-order valence-corrected chi connectivity index (χ3v) is 5.72. The highest BCUT2D eigenvalue weighted by Crippen LogP contribution is 2.22. The van der Waals surface area contributed by atoms with E-state index in [1.165, 1.54) is 6.07 Å². The molecule has 0 radical (unpaired) electrons. The number of pyridine rings is 1. The molecule has 8 heteroatoms. The molecule has 1 atom stereocenters. The Kier molecular flexibility index (Phi) is 7.80. The molecular weight excluding hydrogens is 409 g/mol. The average molecular weight is 442 g/mol. The second-order valence-corrected chi connectivity index (χ2v) is 8.72. The predicted octanol–water partition coefficient (Wildman–Crippen LogP) is 4.25. The fourth-order valence-electron chi connectivity index (χ4n) is 3.93. The second-order valence-electron chi connectivity index (χ2n) is 8.72. The molecule has 2 aromatic rings. The fraction of sp³-hybridized carbons (Fsp3) is 0.458. The van der Waals surface area contributed by atoms with Crippen molar-refractivity contribution in [3.05, 3.63) is 53.6 Å². The fourth-order valence-corrected chi connectivity index (χ4v) is 3.93. The molecule has 3 amide bonds. The van der Waals surface area contributed by atoms with Crippen LogP contribution in [0.15, 0.2) is 36.5 Å². The average Bonchev–Trinajstić information content (AvgIpc) is 2.76. The number of hydrogen-bond donors (Lipinski definition) is 2. The lowest BCUT2D eigenvalue weighted by Crippen LogP contribution is -2.49. The molecule has 1 fully saturated rings. The van der Waals surface area contributed by atoms with Gasteiger partial charge >= 0.3 is 6.03 Å². The van der Waals surface area contributed by atoms with Gasteiger partial charge in [0, 0.05) is 37.8 Å². The Balaban J connectivity index is 1.61. The van der Waals surface area contributed by atoms with Crippen molar-refractivity contribution in [1.29, 1.82) is 0 Å². The van der Waals surface area contributed by atoms with Crippen molar-refractivity contribution in [1.82, 2.24) is 14.8 Å². The number of hydrogen-bond acceptors (Lipinski definition) is 4. The number of halogens is 1. The SMILES string of the molecule is Cc1ccc(NC(=O)Nc2cc(CN3CCC[C@H](N(C)C(=O)C(C)C)C3)ccc2F)cn1. The van der Waals surface area contributed by atoms with Crippen molar-refractivity contribution in [2.45, 2.75) is 46.2 Å². The smallest absolute Gasteiger partial charge is 0.323 e. The summed E-state index contributed by atoms with van der Waals surface area (Å²) in [5.74, 6) is -0.368. The Labute approximate surface area is 189 Å². The van der Waals surface area contributed by atoms with Crippen molar-refractivity contribution in [2.75, 3.05) is 30.8 Å². The number of carbonyl (C=O) groups is 2. The lowest BCUT2D eigenvalue weighted by Gasteiger charge is -2.38. The summed E-state index contributed by atoms with van der Waals surface area (Å²) in [5, 5.41) is 5.24. The molecule has 0 aliphatic carbocycles. The number of aryl methyl sites for hydroxylation is 1. The molecule has 0 unspecified atom stereocenters. The quantitative estimate of drug-likeness (QED) is 0.703. The first-order valence-corrected chi connectivity index (χ1v) is 11.0. The monoisotopic (exact) mass is 441 g/mol. The van der Waals surface area contributed by atoms with E-state index in [-0.39, 0.29) is 23.6 Å². The maximum absolute atomic E-state index is 14.3. The van der Waals surface area contributed by atoms with Crippen molar-refractivity contribution in [3.8, 4) is 0 Å². The summed E-state index contributed by atoms with van der Waals surface area (Å²) >= 11 is 0. The van der Waals surface area contributed by atoms with Crippen molar-refractivity contribution in [2.24, 2.45) is 5.92 Å². The third kappa shape index (κ3) is 6.26. The summed E-state index contributed by atoms with van der Waals surface area (Å²) in [5.41, 5.74) is 2.40. The highest BCUT2D eigenvalue weighted by Gasteiger charge is 2.27. The number of nitrogens with one attached hydrogen (secondary N) is 2. The van der Waals surface area contributed by atoms with Crippen LogP contribution in [0.25, 0.3) is 0 Å². The number of nitrogens with zero attached hydrogens (tertiary/aromatic N) is 3. The van der Waals surface area contributed by atoms with E-state index in [1.807, 2.05) is 32.7 Å². The minimum atomic E-state index is -0.529. The van der Waals surface area contributed by atoms with Crippen LogP contribution in [0.4, 0.5) is 20.6 Å². The van der Waals surface area contributed by atoms with Gasteiger partial charge in [-0.3, -0.25) is 14.7 Å². The van der Waals surface area contributed by atoms with E-state index in [9.17, 15) is 14.0 Å². The van der Waals surface area contributed by atoms with Gasteiger partial charge in [-0.2, -0.15) is 0 Å². The van der Waals surface area contributed by atoms with Gasteiger partial charge in [0.15, 0.2) is 0 Å². The van der Waals surface area contributed by atoms with Gasteiger partial charge in [-0.15, -0.1) is 0 Å². The molecule has 0 spiro atoms. The first-order valence-electron chi connectivity index (χ1n) is 11.0. The maximum Gasteiger partial charge on any atom is 0.323 e. The van der Waals surface area contributed by atoms with E-state index in [0.29, 0.717) is 12.2 Å². The van der Waals surface area contributed by atoms with Crippen LogP contribution in [0.2, 0.25) is 0 Å². The molecule has 0 saturated carbocycles. The number of urea groups is 1. The van der Waals surface area contributed by atoms with Gasteiger partial charge in [-0.25, -0.2) is 9.18 Å². The van der Waals surface area contributed by atoms with Crippen LogP contribution in [0.5, 0.6) is 0 Å². The standard InChI is InChI=1S/C24H32FN5O2/c1-16(2)23(31)29(4)20-6-5-11-30(15-20)14-18-8-10-21(25)22(12-18)28-24(32)27-19-9-7-17(3)26-13-19/h7-10,12-13,16,20H,5-6,11,14-15H2,1-4H3,(H2,27,28,32)/t20-/m0/s1. The van der Waals surface area contributed by atoms with E-state index < -0.39 is 11.8 Å². The number of carbonyl (C=O) groups excluding carboxylic acids is 2. The molecule has 1 aromatic heterocycles. The number of benzene rings is 1. The minimum absolute atomic E-state index is 0.0251. The van der Waals surface area contributed by atoms with E-state index in [0.717, 1.165) is 37.2 Å². The van der Waals surface area contributed by atoms with Crippen molar-refractivity contribution < 1.29 is 14.0 Å². The number of aromatic nitrogens is 1. The Morgan fingerprint density at radius 2 is 2.03 bits per heavy atom. The third-order valence-electron chi connectivity index (χ3n) is 5.72. The normalized spacial score (nSPS) is 16.6. The zero-order valence-electron chi connectivity index (χ0n) is 19.2. The van der Waals surface area contributed by atoms with E-state index in [4.69, 9.17) is 0 Å². The largest absolute Gasteiger partial charge is 0.341 e. The van der Waals surface area contributed by atoms with E-state index >= 15 is 0 Å². The summed E-state index contributed by atoms with van der Waals surface area (Å²) in [6, 6.07) is 7.93. The van der Waals surface area contributed by atoms with Crippen LogP contribution in [0.1, 0.15) is 37.9 Å². The highest BCUT2D eigenvalue weighted by molar-refractivity contribution is 5.99. The predicted molar refractivity (Wildman–Crippen MR) is 124 cm³/mol. The second kappa shape index (κ2) is 10.5. The summed E-state index contributed by atoms with van der Waals surface area (Å²) in [6.07, 6.45) is 3.53. The van der Waals surface area contributed by atoms with E-state index in [1.54, 1.807) is 30.5 Å². The van der Waals surface area contributed by atoms with Gasteiger partial charge < -0.3 is 15.5 Å². The number of likely N-dealkylation sites (N-methyl/N-ethyl adjacent to an activating group) is 1. The molecule has 1 aliphatic heterocycles. The molecule has 1 aliphatic rings. The summed E-state index contributed by atoms with van der Waals surface area (Å²) in [6.45, 7) is 8.00. The number of likely N-dealkylation sites (tertiary alicyclic amines) is 1. The zero-order chi connectivity index (χ0) is 23.3. The molecule has 2 heterocycles. The van der Waals surface area contributed by atoms with Crippen LogP contribution in [0, 0.1) is 18.7 Å². The first-order chi connectivity index (χ1) is 15.2. The van der Waals surface area contributed by atoms with Crippen LogP contribution >= 0.6 is 0 Å². The molecule has 1 aromatic carbocycles. The zero-order valence-corrected chi connectivity index (χ0v) is 19.2. The van der Waals surface area contributed by atoms with Crippen LogP contribution in [0.3, 0.4) is 0 Å². The maximum atomic E-state index is 14.3. The number of piperidine rings is 1. The van der Waals surface area contributed by atoms with Gasteiger partial charge in [0.1, 0.15) is 5.82 Å². The van der Waals surface area contributed by atoms with Crippen LogP contribution in [-0.4, -0.2) is 52.9 Å². The number of rotatable bonds is 6. The number of amides is 3. The lowest BCUT2D eigenvalue weighted by atomic mass is 10.0. The molecule has 1 saturated heterocycles. The van der Waals surface area contributed by atoms with Gasteiger partial charge in [0.2, 0.25) is 5.91 Å². The Bertz CT molecular complexity index is 948. The van der Waals surface area contributed by atoms with Gasteiger partial charge in [0.05, 0.1) is 17.6 Å². The van der Waals surface area contributed by atoms with Crippen LogP contribution < -0.4 is 10.6 Å². The molecule has 7 nitrogen and oxygen atoms in total. The van der Waals surface area contributed by atoms with E-state index in [2.05, 4.69) is 20.5 Å². The molecule has 2 N–H and O–H groups in total. The number of anilines is 2. The lowest BCUT2D eigenvalue weighted by molar-refractivity contribution is -0.136. The Hall–Kier alpha value is -3.00. The highest BCUT2D eigenvalue weighted by atomic mass is 19.1. The van der Waals surface area contributed by atoms with Crippen molar-refractivity contribution >= 4 is 23.3 Å². The Morgan fingerprint density at radius 3 is 2.72 bits per heavy atom.